The highest BCUT2D eigenvalue weighted by Gasteiger charge is 2.30. The van der Waals surface area contributed by atoms with E-state index in [2.05, 4.69) is 9.98 Å². The van der Waals surface area contributed by atoms with Crippen molar-refractivity contribution in [1.82, 2.24) is 14.8 Å². The molecule has 0 saturated carbocycles. The summed E-state index contributed by atoms with van der Waals surface area (Å²) in [6.45, 7) is 7.77. The standard InChI is InChI=1S/C18H26F3N5O3.HI/c1-17(2,3)29-16(27)26-9-7-25(8-10-26)15(22)23-6-11-28-14-5-4-13(12-24-14)18(19,20)21;/h4-5,12H,6-11H2,1-3H3,(H2,22,23);1H. The molecule has 30 heavy (non-hydrogen) atoms. The Balaban J connectivity index is 0.00000450. The van der Waals surface area contributed by atoms with E-state index in [1.165, 1.54) is 0 Å². The summed E-state index contributed by atoms with van der Waals surface area (Å²) in [5.74, 6) is 0.399. The number of nitrogens with zero attached hydrogens (tertiary/aromatic N) is 4. The fourth-order valence-corrected chi connectivity index (χ4v) is 2.49. The van der Waals surface area contributed by atoms with Crippen LogP contribution in [0.3, 0.4) is 0 Å². The number of hydrogen-bond donors (Lipinski definition) is 1. The molecular formula is C18H27F3IN5O3. The Bertz CT molecular complexity index is 715. The second-order valence-corrected chi connectivity index (χ2v) is 7.43. The Morgan fingerprint density at radius 1 is 1.17 bits per heavy atom. The van der Waals surface area contributed by atoms with Crippen molar-refractivity contribution in [3.63, 3.8) is 0 Å². The Morgan fingerprint density at radius 2 is 1.77 bits per heavy atom. The van der Waals surface area contributed by atoms with Gasteiger partial charge in [0.1, 0.15) is 12.2 Å². The highest BCUT2D eigenvalue weighted by molar-refractivity contribution is 14.0. The summed E-state index contributed by atoms with van der Waals surface area (Å²) in [4.78, 5) is 23.3. The van der Waals surface area contributed by atoms with Gasteiger partial charge < -0.3 is 25.0 Å². The summed E-state index contributed by atoms with van der Waals surface area (Å²) in [6, 6.07) is 2.07. The third-order valence-corrected chi connectivity index (χ3v) is 3.93. The summed E-state index contributed by atoms with van der Waals surface area (Å²) in [7, 11) is 0. The van der Waals surface area contributed by atoms with Gasteiger partial charge in [0, 0.05) is 38.4 Å². The van der Waals surface area contributed by atoms with Crippen molar-refractivity contribution in [1.29, 1.82) is 0 Å². The highest BCUT2D eigenvalue weighted by atomic mass is 127. The first-order chi connectivity index (χ1) is 13.5. The number of halogens is 4. The summed E-state index contributed by atoms with van der Waals surface area (Å²) >= 11 is 0. The lowest BCUT2D eigenvalue weighted by Crippen LogP contribution is -2.53. The van der Waals surface area contributed by atoms with Crippen molar-refractivity contribution < 1.29 is 27.4 Å². The molecule has 0 aliphatic carbocycles. The Hall–Kier alpha value is -1.99. The molecule has 1 aromatic rings. The lowest BCUT2D eigenvalue weighted by molar-refractivity contribution is -0.137. The van der Waals surface area contributed by atoms with Gasteiger partial charge in [-0.05, 0) is 26.8 Å². The van der Waals surface area contributed by atoms with Crippen LogP contribution in [0.25, 0.3) is 0 Å². The number of aliphatic imine (C=N–C) groups is 1. The monoisotopic (exact) mass is 545 g/mol. The van der Waals surface area contributed by atoms with E-state index >= 15 is 0 Å². The summed E-state index contributed by atoms with van der Waals surface area (Å²) in [6.07, 6.45) is -4.07. The molecule has 0 aromatic carbocycles. The van der Waals surface area contributed by atoms with Gasteiger partial charge in [-0.15, -0.1) is 24.0 Å². The topological polar surface area (TPSA) is 93.3 Å². The fourth-order valence-electron chi connectivity index (χ4n) is 2.49. The molecular weight excluding hydrogens is 518 g/mol. The van der Waals surface area contributed by atoms with Crippen LogP contribution in [-0.2, 0) is 10.9 Å². The van der Waals surface area contributed by atoms with E-state index in [9.17, 15) is 18.0 Å². The predicted molar refractivity (Wildman–Crippen MR) is 116 cm³/mol. The number of guanidine groups is 1. The van der Waals surface area contributed by atoms with Crippen LogP contribution >= 0.6 is 24.0 Å². The van der Waals surface area contributed by atoms with Gasteiger partial charge in [0.15, 0.2) is 5.96 Å². The lowest BCUT2D eigenvalue weighted by atomic mass is 10.2. The van der Waals surface area contributed by atoms with Crippen LogP contribution in [0.4, 0.5) is 18.0 Å². The summed E-state index contributed by atoms with van der Waals surface area (Å²) < 4.78 is 48.1. The molecule has 1 aliphatic heterocycles. The molecule has 1 saturated heterocycles. The third kappa shape index (κ3) is 8.40. The smallest absolute Gasteiger partial charge is 0.417 e. The molecule has 0 atom stereocenters. The third-order valence-electron chi connectivity index (χ3n) is 3.93. The minimum atomic E-state index is -4.43. The summed E-state index contributed by atoms with van der Waals surface area (Å²) in [5, 5.41) is 0. The molecule has 1 aromatic heterocycles. The molecule has 2 N–H and O–H groups in total. The fraction of sp³-hybridized carbons (Fsp3) is 0.611. The van der Waals surface area contributed by atoms with Crippen molar-refractivity contribution >= 4 is 36.0 Å². The number of piperazine rings is 1. The largest absolute Gasteiger partial charge is 0.476 e. The van der Waals surface area contributed by atoms with Crippen LogP contribution in [0.2, 0.25) is 0 Å². The number of rotatable bonds is 4. The minimum absolute atomic E-state index is 0. The molecule has 1 amide bonds. The molecule has 1 fully saturated rings. The van der Waals surface area contributed by atoms with E-state index in [1.807, 2.05) is 25.7 Å². The van der Waals surface area contributed by atoms with Crippen LogP contribution in [0.5, 0.6) is 5.88 Å². The zero-order valence-electron chi connectivity index (χ0n) is 17.1. The predicted octanol–water partition coefficient (Wildman–Crippen LogP) is 2.96. The number of carbonyl (C=O) groups is 1. The van der Waals surface area contributed by atoms with Crippen LogP contribution in [-0.4, -0.2) is 71.8 Å². The Kier molecular flexibility index (Phi) is 9.43. The van der Waals surface area contributed by atoms with Crippen molar-refractivity contribution in [3.8, 4) is 5.88 Å². The Morgan fingerprint density at radius 3 is 2.27 bits per heavy atom. The molecule has 170 valence electrons. The quantitative estimate of drug-likeness (QED) is 0.271. The normalized spacial score (nSPS) is 15.5. The Labute approximate surface area is 190 Å². The second kappa shape index (κ2) is 10.9. The molecule has 2 heterocycles. The van der Waals surface area contributed by atoms with E-state index in [0.717, 1.165) is 18.3 Å². The average Bonchev–Trinajstić information content (AvgIpc) is 2.63. The number of ether oxygens (including phenoxy) is 2. The number of aromatic nitrogens is 1. The van der Waals surface area contributed by atoms with Gasteiger partial charge >= 0.3 is 12.3 Å². The first kappa shape index (κ1) is 26.0. The minimum Gasteiger partial charge on any atom is -0.476 e. The molecule has 0 spiro atoms. The van der Waals surface area contributed by atoms with Gasteiger partial charge in [-0.1, -0.05) is 0 Å². The number of nitrogens with two attached hydrogens (primary N) is 1. The van der Waals surface area contributed by atoms with E-state index in [4.69, 9.17) is 15.2 Å². The molecule has 0 radical (unpaired) electrons. The lowest BCUT2D eigenvalue weighted by Gasteiger charge is -2.36. The van der Waals surface area contributed by atoms with Crippen LogP contribution < -0.4 is 10.5 Å². The van der Waals surface area contributed by atoms with Gasteiger partial charge in [-0.2, -0.15) is 13.2 Å². The number of carbonyl (C=O) groups excluding carboxylic acids is 1. The number of pyridine rings is 1. The van der Waals surface area contributed by atoms with Gasteiger partial charge in [-0.3, -0.25) is 0 Å². The van der Waals surface area contributed by atoms with Gasteiger partial charge in [0.05, 0.1) is 12.1 Å². The van der Waals surface area contributed by atoms with Crippen LogP contribution in [0.1, 0.15) is 26.3 Å². The van der Waals surface area contributed by atoms with Crippen molar-refractivity contribution in [3.05, 3.63) is 23.9 Å². The van der Waals surface area contributed by atoms with Crippen molar-refractivity contribution in [2.24, 2.45) is 10.7 Å². The number of hydrogen-bond acceptors (Lipinski definition) is 5. The zero-order valence-corrected chi connectivity index (χ0v) is 19.4. The van der Waals surface area contributed by atoms with Crippen molar-refractivity contribution in [2.45, 2.75) is 32.5 Å². The average molecular weight is 545 g/mol. The van der Waals surface area contributed by atoms with E-state index in [-0.39, 0.29) is 49.1 Å². The zero-order chi connectivity index (χ0) is 21.7. The van der Waals surface area contributed by atoms with E-state index < -0.39 is 17.3 Å². The van der Waals surface area contributed by atoms with E-state index in [0.29, 0.717) is 32.1 Å². The van der Waals surface area contributed by atoms with Crippen LogP contribution in [0, 0.1) is 0 Å². The van der Waals surface area contributed by atoms with Gasteiger partial charge in [0.25, 0.3) is 0 Å². The maximum absolute atomic E-state index is 12.5. The molecule has 8 nitrogen and oxygen atoms in total. The maximum atomic E-state index is 12.5. The SMILES string of the molecule is CC(C)(C)OC(=O)N1CCN(C(N)=NCCOc2ccc(C(F)(F)F)cn2)CC1.I. The number of alkyl halides is 3. The molecule has 1 aliphatic rings. The number of amides is 1. The van der Waals surface area contributed by atoms with Crippen LogP contribution in [0.15, 0.2) is 23.3 Å². The first-order valence-electron chi connectivity index (χ1n) is 9.14. The highest BCUT2D eigenvalue weighted by Crippen LogP contribution is 2.29. The molecule has 2 rings (SSSR count). The first-order valence-corrected chi connectivity index (χ1v) is 9.14. The maximum Gasteiger partial charge on any atom is 0.417 e. The molecule has 0 unspecified atom stereocenters. The second-order valence-electron chi connectivity index (χ2n) is 7.43. The molecule has 0 bridgehead atoms. The van der Waals surface area contributed by atoms with Gasteiger partial charge in [0.2, 0.25) is 5.88 Å². The van der Waals surface area contributed by atoms with Crippen molar-refractivity contribution in [2.75, 3.05) is 39.3 Å². The summed E-state index contributed by atoms with van der Waals surface area (Å²) in [5.41, 5.74) is 4.58. The van der Waals surface area contributed by atoms with Gasteiger partial charge in [-0.25, -0.2) is 14.8 Å². The molecule has 12 heteroatoms. The van der Waals surface area contributed by atoms with E-state index in [1.54, 1.807) is 4.90 Å².